The number of likely N-dealkylation sites (N-methyl/N-ethyl adjacent to an activating group) is 1. The van der Waals surface area contributed by atoms with Crippen LogP contribution in [0, 0.1) is 0 Å². The zero-order valence-corrected chi connectivity index (χ0v) is 13.5. The fourth-order valence-corrected chi connectivity index (χ4v) is 3.44. The number of piperidine rings is 1. The zero-order chi connectivity index (χ0) is 16.6. The highest BCUT2D eigenvalue weighted by Gasteiger charge is 2.46. The van der Waals surface area contributed by atoms with E-state index in [1.54, 1.807) is 24.3 Å². The minimum Gasteiger partial charge on any atom is -0.440 e. The van der Waals surface area contributed by atoms with E-state index in [9.17, 15) is 4.79 Å². The number of carbonyl (C=O) groups is 1. The average molecular weight is 329 g/mol. The molecule has 2 aromatic heterocycles. The summed E-state index contributed by atoms with van der Waals surface area (Å²) in [6, 6.07) is 3.71. The molecule has 24 heavy (non-hydrogen) atoms. The lowest BCUT2D eigenvalue weighted by molar-refractivity contribution is -0.0134. The molecule has 0 aliphatic carbocycles. The summed E-state index contributed by atoms with van der Waals surface area (Å²) < 4.78 is 11.4. The van der Waals surface area contributed by atoms with Gasteiger partial charge in [0.2, 0.25) is 11.8 Å². The number of likely N-dealkylation sites (tertiary alicyclic amines) is 1. The fourth-order valence-electron chi connectivity index (χ4n) is 3.44. The average Bonchev–Trinajstić information content (AvgIpc) is 3.14. The molecule has 2 aliphatic rings. The van der Waals surface area contributed by atoms with Crippen LogP contribution < -0.4 is 0 Å². The highest BCUT2D eigenvalue weighted by molar-refractivity contribution is 5.70. The summed E-state index contributed by atoms with van der Waals surface area (Å²) >= 11 is 0. The van der Waals surface area contributed by atoms with Crippen LogP contribution in [0.2, 0.25) is 0 Å². The number of nitrogens with zero attached hydrogens (tertiary/aromatic N) is 5. The van der Waals surface area contributed by atoms with E-state index in [0.29, 0.717) is 31.4 Å². The van der Waals surface area contributed by atoms with Crippen molar-refractivity contribution in [3.05, 3.63) is 30.4 Å². The van der Waals surface area contributed by atoms with Crippen LogP contribution in [0.5, 0.6) is 0 Å². The number of hydrogen-bond donors (Lipinski definition) is 0. The van der Waals surface area contributed by atoms with Crippen molar-refractivity contribution in [3.8, 4) is 11.5 Å². The Balaban J connectivity index is 1.44. The van der Waals surface area contributed by atoms with Crippen molar-refractivity contribution in [2.75, 3.05) is 26.7 Å². The third-order valence-corrected chi connectivity index (χ3v) is 4.49. The molecule has 0 radical (unpaired) electrons. The van der Waals surface area contributed by atoms with Gasteiger partial charge in [-0.15, -0.1) is 10.2 Å². The van der Waals surface area contributed by atoms with Gasteiger partial charge in [-0.1, -0.05) is 0 Å². The molecule has 1 amide bonds. The first-order valence-electron chi connectivity index (χ1n) is 8.03. The molecule has 0 bridgehead atoms. The van der Waals surface area contributed by atoms with Gasteiger partial charge in [0.25, 0.3) is 0 Å². The SMILES string of the molecule is CN1C[C@@]2(CCCN(Cc3nnc(-c4cccnc4)o3)C2)OC1=O. The van der Waals surface area contributed by atoms with Gasteiger partial charge in [-0.2, -0.15) is 0 Å². The molecular weight excluding hydrogens is 310 g/mol. The number of ether oxygens (including phenoxy) is 1. The summed E-state index contributed by atoms with van der Waals surface area (Å²) in [6.45, 7) is 2.80. The standard InChI is InChI=1S/C16H19N5O3/c1-20-10-16(24-15(20)22)5-3-7-21(11-16)9-13-18-19-14(23-13)12-4-2-6-17-8-12/h2,4,6,8H,3,5,7,9-11H2,1H3/t16-/m1/s1. The first-order valence-corrected chi connectivity index (χ1v) is 8.03. The lowest BCUT2D eigenvalue weighted by Gasteiger charge is -2.37. The lowest BCUT2D eigenvalue weighted by Crippen LogP contribution is -2.50. The number of carbonyl (C=O) groups excluding carboxylic acids is 1. The Labute approximate surface area is 139 Å². The van der Waals surface area contributed by atoms with Crippen LogP contribution >= 0.6 is 0 Å². The number of rotatable bonds is 3. The molecule has 8 nitrogen and oxygen atoms in total. The van der Waals surface area contributed by atoms with E-state index in [1.807, 2.05) is 12.1 Å². The van der Waals surface area contributed by atoms with Gasteiger partial charge >= 0.3 is 6.09 Å². The predicted molar refractivity (Wildman–Crippen MR) is 83.9 cm³/mol. The summed E-state index contributed by atoms with van der Waals surface area (Å²) in [6.07, 6.45) is 5.03. The Morgan fingerprint density at radius 2 is 2.25 bits per heavy atom. The topological polar surface area (TPSA) is 84.6 Å². The van der Waals surface area contributed by atoms with E-state index in [0.717, 1.165) is 24.9 Å². The zero-order valence-electron chi connectivity index (χ0n) is 13.5. The second-order valence-electron chi connectivity index (χ2n) is 6.46. The molecule has 1 spiro atoms. The van der Waals surface area contributed by atoms with E-state index < -0.39 is 5.60 Å². The summed E-state index contributed by atoms with van der Waals surface area (Å²) in [5.74, 6) is 1.03. The monoisotopic (exact) mass is 329 g/mol. The Morgan fingerprint density at radius 1 is 1.33 bits per heavy atom. The Hall–Kier alpha value is -2.48. The summed E-state index contributed by atoms with van der Waals surface area (Å²) in [5.41, 5.74) is 0.397. The van der Waals surface area contributed by atoms with Crippen LogP contribution in [0.15, 0.2) is 28.9 Å². The highest BCUT2D eigenvalue weighted by Crippen LogP contribution is 2.32. The number of aromatic nitrogens is 3. The second-order valence-corrected chi connectivity index (χ2v) is 6.46. The maximum absolute atomic E-state index is 11.7. The molecule has 2 aliphatic heterocycles. The molecule has 2 saturated heterocycles. The molecule has 2 aromatic rings. The van der Waals surface area contributed by atoms with Crippen molar-refractivity contribution in [1.82, 2.24) is 25.0 Å². The number of pyridine rings is 1. The third kappa shape index (κ3) is 2.84. The number of hydrogen-bond acceptors (Lipinski definition) is 7. The van der Waals surface area contributed by atoms with Crippen LogP contribution in [0.4, 0.5) is 4.79 Å². The van der Waals surface area contributed by atoms with Gasteiger partial charge in [-0.25, -0.2) is 4.79 Å². The molecule has 0 N–H and O–H groups in total. The summed E-state index contributed by atoms with van der Waals surface area (Å²) in [4.78, 5) is 19.6. The van der Waals surface area contributed by atoms with Crippen LogP contribution in [0.25, 0.3) is 11.5 Å². The summed E-state index contributed by atoms with van der Waals surface area (Å²) in [7, 11) is 1.77. The molecule has 0 aromatic carbocycles. The van der Waals surface area contributed by atoms with Gasteiger partial charge < -0.3 is 14.1 Å². The molecule has 126 valence electrons. The van der Waals surface area contributed by atoms with E-state index in [2.05, 4.69) is 20.1 Å². The first-order chi connectivity index (χ1) is 11.6. The Bertz CT molecular complexity index is 734. The van der Waals surface area contributed by atoms with Gasteiger partial charge in [0.15, 0.2) is 0 Å². The lowest BCUT2D eigenvalue weighted by atomic mass is 9.93. The van der Waals surface area contributed by atoms with Crippen LogP contribution in [0.1, 0.15) is 18.7 Å². The molecule has 0 saturated carbocycles. The van der Waals surface area contributed by atoms with Crippen molar-refractivity contribution in [1.29, 1.82) is 0 Å². The largest absolute Gasteiger partial charge is 0.440 e. The molecular formula is C16H19N5O3. The van der Waals surface area contributed by atoms with E-state index in [4.69, 9.17) is 9.15 Å². The maximum atomic E-state index is 11.7. The second kappa shape index (κ2) is 5.86. The first kappa shape index (κ1) is 15.1. The van der Waals surface area contributed by atoms with Gasteiger partial charge in [0, 0.05) is 26.0 Å². The van der Waals surface area contributed by atoms with Crippen molar-refractivity contribution >= 4 is 6.09 Å². The molecule has 4 heterocycles. The van der Waals surface area contributed by atoms with Crippen molar-refractivity contribution in [3.63, 3.8) is 0 Å². The van der Waals surface area contributed by atoms with E-state index in [-0.39, 0.29) is 6.09 Å². The highest BCUT2D eigenvalue weighted by atomic mass is 16.6. The quantitative estimate of drug-likeness (QED) is 0.844. The summed E-state index contributed by atoms with van der Waals surface area (Å²) in [5, 5.41) is 8.22. The minimum absolute atomic E-state index is 0.242. The van der Waals surface area contributed by atoms with Crippen LogP contribution in [-0.4, -0.2) is 63.4 Å². The Morgan fingerprint density at radius 3 is 3.00 bits per heavy atom. The predicted octanol–water partition coefficient (Wildman–Crippen LogP) is 1.55. The van der Waals surface area contributed by atoms with E-state index in [1.165, 1.54) is 0 Å². The molecule has 1 atom stereocenters. The minimum atomic E-state index is -0.406. The van der Waals surface area contributed by atoms with Gasteiger partial charge in [0.1, 0.15) is 5.60 Å². The molecule has 4 rings (SSSR count). The van der Waals surface area contributed by atoms with Crippen molar-refractivity contribution in [2.45, 2.75) is 25.0 Å². The van der Waals surface area contributed by atoms with Gasteiger partial charge in [0.05, 0.1) is 18.7 Å². The van der Waals surface area contributed by atoms with E-state index >= 15 is 0 Å². The smallest absolute Gasteiger partial charge is 0.410 e. The Kier molecular flexibility index (Phi) is 3.68. The third-order valence-electron chi connectivity index (χ3n) is 4.49. The van der Waals surface area contributed by atoms with Gasteiger partial charge in [-0.05, 0) is 31.5 Å². The molecule has 2 fully saturated rings. The fraction of sp³-hybridized carbons (Fsp3) is 0.500. The normalized spacial score (nSPS) is 24.5. The van der Waals surface area contributed by atoms with Crippen LogP contribution in [-0.2, 0) is 11.3 Å². The number of amides is 1. The van der Waals surface area contributed by atoms with Crippen molar-refractivity contribution in [2.24, 2.45) is 0 Å². The van der Waals surface area contributed by atoms with Crippen molar-refractivity contribution < 1.29 is 13.9 Å². The maximum Gasteiger partial charge on any atom is 0.410 e. The molecule has 8 heteroatoms. The van der Waals surface area contributed by atoms with Gasteiger partial charge in [-0.3, -0.25) is 9.88 Å². The molecule has 0 unspecified atom stereocenters. The van der Waals surface area contributed by atoms with Crippen LogP contribution in [0.3, 0.4) is 0 Å².